The first kappa shape index (κ1) is 17.9. The van der Waals surface area contributed by atoms with Gasteiger partial charge in [0.2, 0.25) is 0 Å². The molecule has 6 heteroatoms. The number of amides is 1. The van der Waals surface area contributed by atoms with Crippen molar-refractivity contribution in [3.05, 3.63) is 40.7 Å². The van der Waals surface area contributed by atoms with Crippen LogP contribution in [0.3, 0.4) is 0 Å². The van der Waals surface area contributed by atoms with Crippen molar-refractivity contribution in [2.45, 2.75) is 45.6 Å². The number of hydrogen-bond acceptors (Lipinski definition) is 4. The molecule has 0 atom stereocenters. The van der Waals surface area contributed by atoms with Crippen molar-refractivity contribution in [2.75, 3.05) is 19.8 Å². The van der Waals surface area contributed by atoms with E-state index in [2.05, 4.69) is 11.2 Å². The molecule has 0 bridgehead atoms. The predicted molar refractivity (Wildman–Crippen MR) is 102 cm³/mol. The van der Waals surface area contributed by atoms with Crippen molar-refractivity contribution in [1.82, 2.24) is 14.7 Å². The van der Waals surface area contributed by atoms with Crippen molar-refractivity contribution in [3.8, 4) is 11.5 Å². The molecule has 0 saturated heterocycles. The minimum Gasteiger partial charge on any atom is -0.490 e. The molecule has 1 saturated carbocycles. The summed E-state index contributed by atoms with van der Waals surface area (Å²) in [6.45, 7) is 6.44. The molecule has 0 unspecified atom stereocenters. The second kappa shape index (κ2) is 7.25. The molecular formula is C21H27N3O3. The third-order valence-corrected chi connectivity index (χ3v) is 5.22. The largest absolute Gasteiger partial charge is 0.490 e. The van der Waals surface area contributed by atoms with Crippen molar-refractivity contribution in [3.63, 3.8) is 0 Å². The first-order chi connectivity index (χ1) is 13.1. The number of aromatic nitrogens is 2. The molecule has 2 heterocycles. The SMILES string of the molecule is CCOc1cc2c(cc1OCC)CN(C(=O)c1cn(C)nc1C1CC1)CC2. The van der Waals surface area contributed by atoms with Crippen LogP contribution in [0.5, 0.6) is 11.5 Å². The molecule has 1 aliphatic heterocycles. The van der Waals surface area contributed by atoms with E-state index in [1.807, 2.05) is 38.1 Å². The lowest BCUT2D eigenvalue weighted by molar-refractivity contribution is 0.0733. The van der Waals surface area contributed by atoms with Crippen LogP contribution in [-0.4, -0.2) is 40.3 Å². The van der Waals surface area contributed by atoms with Crippen LogP contribution in [0.4, 0.5) is 0 Å². The number of carbonyl (C=O) groups is 1. The van der Waals surface area contributed by atoms with Gasteiger partial charge in [0.25, 0.3) is 5.91 Å². The molecule has 1 fully saturated rings. The summed E-state index contributed by atoms with van der Waals surface area (Å²) in [7, 11) is 1.89. The zero-order valence-electron chi connectivity index (χ0n) is 16.3. The Labute approximate surface area is 160 Å². The highest BCUT2D eigenvalue weighted by molar-refractivity contribution is 5.95. The van der Waals surface area contributed by atoms with Crippen molar-refractivity contribution >= 4 is 5.91 Å². The van der Waals surface area contributed by atoms with E-state index in [4.69, 9.17) is 9.47 Å². The molecule has 0 spiro atoms. The molecular weight excluding hydrogens is 342 g/mol. The third kappa shape index (κ3) is 3.53. The van der Waals surface area contributed by atoms with Gasteiger partial charge in [-0.25, -0.2) is 0 Å². The fourth-order valence-corrected chi connectivity index (χ4v) is 3.77. The summed E-state index contributed by atoms with van der Waals surface area (Å²) in [6.07, 6.45) is 4.97. The minimum atomic E-state index is 0.0856. The maximum atomic E-state index is 13.2. The Balaban J connectivity index is 1.59. The van der Waals surface area contributed by atoms with Crippen LogP contribution in [0.25, 0.3) is 0 Å². The topological polar surface area (TPSA) is 56.6 Å². The van der Waals surface area contributed by atoms with Gasteiger partial charge in [-0.05, 0) is 56.4 Å². The smallest absolute Gasteiger partial charge is 0.257 e. The van der Waals surface area contributed by atoms with E-state index in [1.165, 1.54) is 5.56 Å². The summed E-state index contributed by atoms with van der Waals surface area (Å²) < 4.78 is 13.3. The van der Waals surface area contributed by atoms with E-state index in [0.717, 1.165) is 47.6 Å². The molecule has 0 radical (unpaired) electrons. The molecule has 2 aromatic rings. The quantitative estimate of drug-likeness (QED) is 0.784. The molecule has 144 valence electrons. The fourth-order valence-electron chi connectivity index (χ4n) is 3.77. The number of hydrogen-bond donors (Lipinski definition) is 0. The molecule has 1 aromatic carbocycles. The lowest BCUT2D eigenvalue weighted by Crippen LogP contribution is -2.36. The Morgan fingerprint density at radius 2 is 1.81 bits per heavy atom. The Bertz CT molecular complexity index is 855. The molecule has 2 aliphatic rings. The number of carbonyl (C=O) groups excluding carboxylic acids is 1. The first-order valence-corrected chi connectivity index (χ1v) is 9.84. The summed E-state index contributed by atoms with van der Waals surface area (Å²) in [5.41, 5.74) is 4.10. The highest BCUT2D eigenvalue weighted by Crippen LogP contribution is 2.41. The van der Waals surface area contributed by atoms with Gasteiger partial charge in [-0.15, -0.1) is 0 Å². The van der Waals surface area contributed by atoms with Crippen molar-refractivity contribution in [2.24, 2.45) is 7.05 Å². The summed E-state index contributed by atoms with van der Waals surface area (Å²) >= 11 is 0. The van der Waals surface area contributed by atoms with E-state index in [9.17, 15) is 4.79 Å². The van der Waals surface area contributed by atoms with Gasteiger partial charge in [-0.3, -0.25) is 9.48 Å². The average Bonchev–Trinajstić information content (AvgIpc) is 3.43. The van der Waals surface area contributed by atoms with Gasteiger partial charge in [-0.2, -0.15) is 5.10 Å². The summed E-state index contributed by atoms with van der Waals surface area (Å²) in [4.78, 5) is 15.1. The highest BCUT2D eigenvalue weighted by Gasteiger charge is 2.33. The number of rotatable bonds is 6. The van der Waals surface area contributed by atoms with Crippen LogP contribution in [0.2, 0.25) is 0 Å². The van der Waals surface area contributed by atoms with E-state index in [0.29, 0.717) is 32.2 Å². The van der Waals surface area contributed by atoms with Crippen molar-refractivity contribution in [1.29, 1.82) is 0 Å². The number of nitrogens with zero attached hydrogens (tertiary/aromatic N) is 3. The molecule has 4 rings (SSSR count). The second-order valence-corrected chi connectivity index (χ2v) is 7.29. The van der Waals surface area contributed by atoms with Gasteiger partial charge in [0.1, 0.15) is 0 Å². The minimum absolute atomic E-state index is 0.0856. The van der Waals surface area contributed by atoms with Gasteiger partial charge in [0.05, 0.1) is 24.5 Å². The molecule has 0 N–H and O–H groups in total. The number of fused-ring (bicyclic) bond motifs is 1. The molecule has 6 nitrogen and oxygen atoms in total. The Morgan fingerprint density at radius 1 is 1.15 bits per heavy atom. The summed E-state index contributed by atoms with van der Waals surface area (Å²) in [6, 6.07) is 4.11. The predicted octanol–water partition coefficient (Wildman–Crippen LogP) is 3.29. The fraction of sp³-hybridized carbons (Fsp3) is 0.524. The van der Waals surface area contributed by atoms with Crippen LogP contribution in [0, 0.1) is 0 Å². The van der Waals surface area contributed by atoms with Crippen molar-refractivity contribution < 1.29 is 14.3 Å². The van der Waals surface area contributed by atoms with E-state index in [1.54, 1.807) is 4.68 Å². The monoisotopic (exact) mass is 369 g/mol. The zero-order valence-corrected chi connectivity index (χ0v) is 16.3. The van der Waals surface area contributed by atoms with Crippen LogP contribution in [-0.2, 0) is 20.0 Å². The molecule has 1 amide bonds. The van der Waals surface area contributed by atoms with Gasteiger partial charge < -0.3 is 14.4 Å². The summed E-state index contributed by atoms with van der Waals surface area (Å²) in [5, 5.41) is 4.54. The third-order valence-electron chi connectivity index (χ3n) is 5.22. The van der Waals surface area contributed by atoms with Crippen LogP contribution >= 0.6 is 0 Å². The maximum absolute atomic E-state index is 13.2. The first-order valence-electron chi connectivity index (χ1n) is 9.84. The molecule has 27 heavy (non-hydrogen) atoms. The zero-order chi connectivity index (χ0) is 19.0. The van der Waals surface area contributed by atoms with Gasteiger partial charge in [0, 0.05) is 32.3 Å². The normalized spacial score (nSPS) is 16.2. The maximum Gasteiger partial charge on any atom is 0.257 e. The Kier molecular flexibility index (Phi) is 4.81. The Morgan fingerprint density at radius 3 is 2.44 bits per heavy atom. The lowest BCUT2D eigenvalue weighted by atomic mass is 9.98. The van der Waals surface area contributed by atoms with Gasteiger partial charge >= 0.3 is 0 Å². The molecule has 1 aromatic heterocycles. The van der Waals surface area contributed by atoms with Crippen LogP contribution in [0.1, 0.15) is 59.8 Å². The van der Waals surface area contributed by atoms with E-state index < -0.39 is 0 Å². The lowest BCUT2D eigenvalue weighted by Gasteiger charge is -2.30. The second-order valence-electron chi connectivity index (χ2n) is 7.29. The standard InChI is InChI=1S/C21H27N3O3/c1-4-26-18-10-15-8-9-24(12-16(15)11-19(18)27-5-2)21(25)17-13-23(3)22-20(17)14-6-7-14/h10-11,13-14H,4-9,12H2,1-3H3. The van der Waals surface area contributed by atoms with Crippen LogP contribution < -0.4 is 9.47 Å². The van der Waals surface area contributed by atoms with E-state index >= 15 is 0 Å². The number of aryl methyl sites for hydroxylation is 1. The van der Waals surface area contributed by atoms with E-state index in [-0.39, 0.29) is 5.91 Å². The number of benzene rings is 1. The van der Waals surface area contributed by atoms with Gasteiger partial charge in [0.15, 0.2) is 11.5 Å². The Hall–Kier alpha value is -2.50. The highest BCUT2D eigenvalue weighted by atomic mass is 16.5. The van der Waals surface area contributed by atoms with Gasteiger partial charge in [-0.1, -0.05) is 0 Å². The summed E-state index contributed by atoms with van der Waals surface area (Å²) in [5.74, 6) is 2.09. The average molecular weight is 369 g/mol. The number of ether oxygens (including phenoxy) is 2. The molecule has 1 aliphatic carbocycles. The van der Waals surface area contributed by atoms with Crippen LogP contribution in [0.15, 0.2) is 18.3 Å².